The Bertz CT molecular complexity index is 472. The van der Waals surface area contributed by atoms with Gasteiger partial charge < -0.3 is 20.6 Å². The minimum atomic E-state index is -0.362. The topological polar surface area (TPSA) is 105 Å². The fraction of sp³-hybridized carbons (Fsp3) is 0.692. The molecule has 0 atom stereocenters. The van der Waals surface area contributed by atoms with Crippen LogP contribution in [-0.4, -0.2) is 40.4 Å². The molecule has 110 valence electrons. The van der Waals surface area contributed by atoms with E-state index in [0.717, 1.165) is 31.5 Å². The molecule has 1 aliphatic heterocycles. The summed E-state index contributed by atoms with van der Waals surface area (Å²) >= 11 is 0. The van der Waals surface area contributed by atoms with Crippen LogP contribution in [0.1, 0.15) is 37.4 Å². The van der Waals surface area contributed by atoms with E-state index in [1.807, 2.05) is 0 Å². The van der Waals surface area contributed by atoms with Gasteiger partial charge in [0.05, 0.1) is 12.1 Å². The van der Waals surface area contributed by atoms with Gasteiger partial charge in [-0.15, -0.1) is 0 Å². The zero-order chi connectivity index (χ0) is 14.0. The van der Waals surface area contributed by atoms with Crippen LogP contribution in [0.3, 0.4) is 0 Å². The third kappa shape index (κ3) is 2.84. The summed E-state index contributed by atoms with van der Waals surface area (Å²) in [7, 11) is 0. The molecule has 0 spiro atoms. The fourth-order valence-electron chi connectivity index (χ4n) is 2.48. The van der Waals surface area contributed by atoms with E-state index in [-0.39, 0.29) is 12.1 Å². The number of nitrogen functional groups attached to an aromatic ring is 1. The van der Waals surface area contributed by atoms with E-state index in [2.05, 4.69) is 20.7 Å². The average molecular weight is 279 g/mol. The largest absolute Gasteiger partial charge is 0.394 e. The van der Waals surface area contributed by atoms with E-state index in [1.165, 1.54) is 0 Å². The van der Waals surface area contributed by atoms with Gasteiger partial charge in [0.2, 0.25) is 0 Å². The molecule has 1 aliphatic carbocycles. The van der Waals surface area contributed by atoms with Crippen LogP contribution in [-0.2, 0) is 4.74 Å². The molecule has 20 heavy (non-hydrogen) atoms. The standard InChI is InChI=1S/C13H21N5O2/c14-18-11-7-10(15-12(16-11)9-1-2-9)17-13(8-19)3-5-20-6-4-13/h7,9,19H,1-6,8,14H2,(H2,15,16,17,18). The van der Waals surface area contributed by atoms with E-state index in [9.17, 15) is 5.11 Å². The summed E-state index contributed by atoms with van der Waals surface area (Å²) in [5.41, 5.74) is 2.22. The summed E-state index contributed by atoms with van der Waals surface area (Å²) in [6.45, 7) is 1.36. The molecule has 1 aromatic heterocycles. The van der Waals surface area contributed by atoms with Crippen molar-refractivity contribution in [3.8, 4) is 0 Å². The summed E-state index contributed by atoms with van der Waals surface area (Å²) in [5.74, 6) is 8.05. The molecule has 1 aromatic rings. The lowest BCUT2D eigenvalue weighted by Crippen LogP contribution is -2.47. The number of hydrogen-bond acceptors (Lipinski definition) is 7. The smallest absolute Gasteiger partial charge is 0.145 e. The predicted octanol–water partition coefficient (Wildman–Crippen LogP) is 0.593. The molecule has 3 rings (SSSR count). The molecule has 0 unspecified atom stereocenters. The first-order valence-electron chi connectivity index (χ1n) is 7.07. The highest BCUT2D eigenvalue weighted by molar-refractivity contribution is 5.49. The molecule has 1 saturated heterocycles. The lowest BCUT2D eigenvalue weighted by atomic mass is 9.91. The van der Waals surface area contributed by atoms with Gasteiger partial charge in [-0.1, -0.05) is 0 Å². The summed E-state index contributed by atoms with van der Waals surface area (Å²) in [6.07, 6.45) is 3.79. The molecule has 7 nitrogen and oxygen atoms in total. The maximum Gasteiger partial charge on any atom is 0.145 e. The molecule has 0 aromatic carbocycles. The van der Waals surface area contributed by atoms with Crippen LogP contribution in [0.25, 0.3) is 0 Å². The van der Waals surface area contributed by atoms with Crippen molar-refractivity contribution in [1.29, 1.82) is 0 Å². The number of nitrogens with zero attached hydrogens (tertiary/aromatic N) is 2. The second-order valence-electron chi connectivity index (χ2n) is 5.59. The maximum atomic E-state index is 9.72. The molecule has 0 amide bonds. The monoisotopic (exact) mass is 279 g/mol. The highest BCUT2D eigenvalue weighted by Crippen LogP contribution is 2.39. The summed E-state index contributed by atoms with van der Waals surface area (Å²) in [6, 6.07) is 1.78. The van der Waals surface area contributed by atoms with E-state index in [0.29, 0.717) is 30.8 Å². The van der Waals surface area contributed by atoms with Crippen molar-refractivity contribution in [3.63, 3.8) is 0 Å². The first-order valence-corrected chi connectivity index (χ1v) is 7.07. The quantitative estimate of drug-likeness (QED) is 0.462. The van der Waals surface area contributed by atoms with Crippen LogP contribution < -0.4 is 16.6 Å². The first-order chi connectivity index (χ1) is 9.74. The second kappa shape index (κ2) is 5.51. The van der Waals surface area contributed by atoms with Crippen molar-refractivity contribution in [2.75, 3.05) is 30.6 Å². The van der Waals surface area contributed by atoms with Gasteiger partial charge in [-0.3, -0.25) is 0 Å². The summed E-state index contributed by atoms with van der Waals surface area (Å²) < 4.78 is 5.36. The number of hydrazine groups is 1. The van der Waals surface area contributed by atoms with Crippen LogP contribution in [0, 0.1) is 0 Å². The SMILES string of the molecule is NNc1cc(NC2(CO)CCOCC2)nc(C2CC2)n1. The van der Waals surface area contributed by atoms with E-state index < -0.39 is 0 Å². The average Bonchev–Trinajstić information content (AvgIpc) is 3.32. The van der Waals surface area contributed by atoms with Crippen molar-refractivity contribution in [2.45, 2.75) is 37.1 Å². The fourth-order valence-corrected chi connectivity index (χ4v) is 2.48. The van der Waals surface area contributed by atoms with Gasteiger partial charge in [-0.25, -0.2) is 15.8 Å². The van der Waals surface area contributed by atoms with E-state index >= 15 is 0 Å². The van der Waals surface area contributed by atoms with E-state index in [1.54, 1.807) is 6.07 Å². The van der Waals surface area contributed by atoms with Gasteiger partial charge in [0.15, 0.2) is 0 Å². The second-order valence-corrected chi connectivity index (χ2v) is 5.59. The normalized spacial score (nSPS) is 21.5. The van der Waals surface area contributed by atoms with Crippen molar-refractivity contribution < 1.29 is 9.84 Å². The Morgan fingerprint density at radius 2 is 2.00 bits per heavy atom. The van der Waals surface area contributed by atoms with Gasteiger partial charge >= 0.3 is 0 Å². The van der Waals surface area contributed by atoms with Crippen LogP contribution in [0.15, 0.2) is 6.07 Å². The number of aromatic nitrogens is 2. The zero-order valence-electron chi connectivity index (χ0n) is 11.4. The number of anilines is 2. The van der Waals surface area contributed by atoms with Crippen molar-refractivity contribution in [1.82, 2.24) is 9.97 Å². The Labute approximate surface area is 117 Å². The van der Waals surface area contributed by atoms with Crippen molar-refractivity contribution >= 4 is 11.6 Å². The summed E-state index contributed by atoms with van der Waals surface area (Å²) in [5, 5.41) is 13.1. The number of nitrogens with two attached hydrogens (primary N) is 1. The Morgan fingerprint density at radius 3 is 2.60 bits per heavy atom. The third-order valence-corrected chi connectivity index (χ3v) is 3.98. The number of hydrogen-bond donors (Lipinski definition) is 4. The minimum Gasteiger partial charge on any atom is -0.394 e. The van der Waals surface area contributed by atoms with Crippen LogP contribution in [0.4, 0.5) is 11.6 Å². The number of ether oxygens (including phenoxy) is 1. The van der Waals surface area contributed by atoms with Gasteiger partial charge in [0, 0.05) is 25.2 Å². The molecule has 2 heterocycles. The number of aliphatic hydroxyl groups is 1. The Hall–Kier alpha value is -1.44. The van der Waals surface area contributed by atoms with Gasteiger partial charge in [0.25, 0.3) is 0 Å². The lowest BCUT2D eigenvalue weighted by molar-refractivity contribution is 0.0378. The van der Waals surface area contributed by atoms with Gasteiger partial charge in [-0.05, 0) is 25.7 Å². The predicted molar refractivity (Wildman–Crippen MR) is 75.3 cm³/mol. The van der Waals surface area contributed by atoms with Crippen molar-refractivity contribution in [3.05, 3.63) is 11.9 Å². The molecule has 1 saturated carbocycles. The molecule has 2 fully saturated rings. The Kier molecular flexibility index (Phi) is 3.73. The molecule has 2 aliphatic rings. The third-order valence-electron chi connectivity index (χ3n) is 3.98. The van der Waals surface area contributed by atoms with E-state index in [4.69, 9.17) is 10.6 Å². The minimum absolute atomic E-state index is 0.0600. The molecular weight excluding hydrogens is 258 g/mol. The van der Waals surface area contributed by atoms with Crippen molar-refractivity contribution in [2.24, 2.45) is 5.84 Å². The lowest BCUT2D eigenvalue weighted by Gasteiger charge is -2.36. The number of nitrogens with one attached hydrogen (secondary N) is 2. The van der Waals surface area contributed by atoms with Crippen LogP contribution >= 0.6 is 0 Å². The molecule has 5 N–H and O–H groups in total. The first kappa shape index (κ1) is 13.5. The van der Waals surface area contributed by atoms with Gasteiger partial charge in [0.1, 0.15) is 17.5 Å². The number of rotatable bonds is 5. The molecule has 7 heteroatoms. The van der Waals surface area contributed by atoms with Crippen LogP contribution in [0.5, 0.6) is 0 Å². The highest BCUT2D eigenvalue weighted by atomic mass is 16.5. The number of aliphatic hydroxyl groups excluding tert-OH is 1. The molecule has 0 bridgehead atoms. The van der Waals surface area contributed by atoms with Gasteiger partial charge in [-0.2, -0.15) is 0 Å². The Balaban J connectivity index is 1.83. The zero-order valence-corrected chi connectivity index (χ0v) is 11.4. The molecule has 0 radical (unpaired) electrons. The highest BCUT2D eigenvalue weighted by Gasteiger charge is 2.33. The molecular formula is C13H21N5O2. The summed E-state index contributed by atoms with van der Waals surface area (Å²) in [4.78, 5) is 8.94. The van der Waals surface area contributed by atoms with Crippen LogP contribution in [0.2, 0.25) is 0 Å². The maximum absolute atomic E-state index is 9.72. The Morgan fingerprint density at radius 1 is 1.30 bits per heavy atom.